The zero-order valence-corrected chi connectivity index (χ0v) is 15.3. The Kier molecular flexibility index (Phi) is 13.4. The average Bonchev–Trinajstić information content (AvgIpc) is 2.46. The third-order valence-electron chi connectivity index (χ3n) is 4.27. The Bertz CT molecular complexity index is 283. The molecule has 0 aromatic rings. The zero-order chi connectivity index (χ0) is 16.1. The van der Waals surface area contributed by atoms with Crippen LogP contribution in [0.3, 0.4) is 0 Å². The lowest BCUT2D eigenvalue weighted by atomic mass is 9.96. The molecule has 4 nitrogen and oxygen atoms in total. The van der Waals surface area contributed by atoms with Crippen molar-refractivity contribution < 1.29 is 8.42 Å². The van der Waals surface area contributed by atoms with E-state index < -0.39 is 10.9 Å². The third kappa shape index (κ3) is 11.1. The minimum atomic E-state index is -2.56. The highest BCUT2D eigenvalue weighted by Crippen LogP contribution is 2.17. The van der Waals surface area contributed by atoms with Crippen LogP contribution in [0.15, 0.2) is 0 Å². The summed E-state index contributed by atoms with van der Waals surface area (Å²) in [5.74, 6) is 1.16. The molecule has 0 aliphatic rings. The van der Waals surface area contributed by atoms with E-state index in [0.717, 1.165) is 25.9 Å². The van der Waals surface area contributed by atoms with Crippen molar-refractivity contribution in [3.8, 4) is 0 Å². The molecule has 0 saturated carbocycles. The van der Waals surface area contributed by atoms with E-state index in [-0.39, 0.29) is 0 Å². The molecule has 0 aromatic carbocycles. The maximum Gasteiger partial charge on any atom is 0.214 e. The zero-order valence-electron chi connectivity index (χ0n) is 14.4. The van der Waals surface area contributed by atoms with Crippen LogP contribution in [0.5, 0.6) is 0 Å². The first kappa shape index (κ1) is 20.9. The molecule has 128 valence electrons. The molecule has 2 atom stereocenters. The number of nitrogens with one attached hydrogen (secondary N) is 1. The van der Waals surface area contributed by atoms with Gasteiger partial charge in [0.15, 0.2) is 0 Å². The maximum absolute atomic E-state index is 11.1. The van der Waals surface area contributed by atoms with Crippen molar-refractivity contribution in [3.05, 3.63) is 0 Å². The van der Waals surface area contributed by atoms with Gasteiger partial charge in [0.2, 0.25) is 10.9 Å². The monoisotopic (exact) mass is 320 g/mol. The van der Waals surface area contributed by atoms with Crippen molar-refractivity contribution in [3.63, 3.8) is 0 Å². The van der Waals surface area contributed by atoms with E-state index in [1.807, 2.05) is 5.01 Å². The molecule has 0 rings (SSSR count). The molecule has 0 spiro atoms. The van der Waals surface area contributed by atoms with Crippen molar-refractivity contribution in [2.45, 2.75) is 79.1 Å². The quantitative estimate of drug-likeness (QED) is 0.378. The van der Waals surface area contributed by atoms with Crippen molar-refractivity contribution in [2.75, 3.05) is 13.1 Å². The van der Waals surface area contributed by atoms with Gasteiger partial charge in [0, 0.05) is 13.1 Å². The van der Waals surface area contributed by atoms with Gasteiger partial charge in [-0.3, -0.25) is 0 Å². The summed E-state index contributed by atoms with van der Waals surface area (Å²) < 4.78 is 22.1. The first-order valence-electron chi connectivity index (χ1n) is 8.72. The molecule has 5 heteroatoms. The van der Waals surface area contributed by atoms with E-state index in [4.69, 9.17) is 0 Å². The van der Waals surface area contributed by atoms with Crippen LogP contribution < -0.4 is 4.83 Å². The van der Waals surface area contributed by atoms with Gasteiger partial charge in [0.1, 0.15) is 0 Å². The molecular weight excluding hydrogens is 284 g/mol. The molecule has 21 heavy (non-hydrogen) atoms. The molecule has 0 aromatic heterocycles. The number of thiol groups is 1. The van der Waals surface area contributed by atoms with Crippen LogP contribution in [0.4, 0.5) is 0 Å². The number of hydrazine groups is 1. The van der Waals surface area contributed by atoms with Gasteiger partial charge in [-0.1, -0.05) is 66.2 Å². The highest BCUT2D eigenvalue weighted by atomic mass is 32.2. The minimum absolute atomic E-state index is 0.580. The van der Waals surface area contributed by atoms with Crippen LogP contribution in [0.1, 0.15) is 79.1 Å². The smallest absolute Gasteiger partial charge is 0.214 e. The normalized spacial score (nSPS) is 14.8. The molecule has 0 aliphatic heterocycles. The van der Waals surface area contributed by atoms with E-state index in [0.29, 0.717) is 11.8 Å². The van der Waals surface area contributed by atoms with Crippen molar-refractivity contribution in [2.24, 2.45) is 11.8 Å². The summed E-state index contributed by atoms with van der Waals surface area (Å²) in [6.07, 6.45) is 9.45. The number of rotatable bonds is 14. The van der Waals surface area contributed by atoms with Crippen LogP contribution in [0.25, 0.3) is 0 Å². The van der Waals surface area contributed by atoms with Crippen molar-refractivity contribution >= 4 is 10.9 Å². The predicted molar refractivity (Wildman–Crippen MR) is 91.6 cm³/mol. The summed E-state index contributed by atoms with van der Waals surface area (Å²) in [5.41, 5.74) is 0. The van der Waals surface area contributed by atoms with E-state index in [9.17, 15) is 8.42 Å². The Morgan fingerprint density at radius 1 is 0.857 bits per heavy atom. The van der Waals surface area contributed by atoms with Gasteiger partial charge >= 0.3 is 0 Å². The number of nitrogens with zero attached hydrogens (tertiary/aromatic N) is 1. The van der Waals surface area contributed by atoms with E-state index in [2.05, 4.69) is 32.5 Å². The highest BCUT2D eigenvalue weighted by molar-refractivity contribution is 7.70. The fourth-order valence-corrected chi connectivity index (χ4v) is 3.12. The van der Waals surface area contributed by atoms with E-state index in [1.54, 1.807) is 0 Å². The largest absolute Gasteiger partial charge is 0.230 e. The summed E-state index contributed by atoms with van der Waals surface area (Å²) in [6, 6.07) is 0. The molecule has 0 aliphatic carbocycles. The van der Waals surface area contributed by atoms with Crippen LogP contribution >= 0.6 is 0 Å². The Morgan fingerprint density at radius 3 is 1.57 bits per heavy atom. The Labute approximate surface area is 133 Å². The van der Waals surface area contributed by atoms with Crippen LogP contribution in [-0.4, -0.2) is 26.5 Å². The molecule has 0 radical (unpaired) electrons. The van der Waals surface area contributed by atoms with Gasteiger partial charge in [0.05, 0.1) is 0 Å². The van der Waals surface area contributed by atoms with Gasteiger partial charge in [-0.25, -0.2) is 13.4 Å². The predicted octanol–water partition coefficient (Wildman–Crippen LogP) is 3.75. The second-order valence-electron chi connectivity index (χ2n) is 6.10. The number of unbranched alkanes of at least 4 members (excludes halogenated alkanes) is 2. The summed E-state index contributed by atoms with van der Waals surface area (Å²) in [4.78, 5) is 2.65. The fraction of sp³-hybridized carbons (Fsp3) is 1.00. The summed E-state index contributed by atoms with van der Waals surface area (Å²) >= 11 is 0. The van der Waals surface area contributed by atoms with Gasteiger partial charge in [0.25, 0.3) is 0 Å². The SMILES string of the molecule is CCCCC(CC)CN(CC(CC)CCCC)N[SH](=O)=O. The van der Waals surface area contributed by atoms with Gasteiger partial charge in [-0.15, -0.1) is 0 Å². The van der Waals surface area contributed by atoms with Crippen LogP contribution in [0, 0.1) is 11.8 Å². The Morgan fingerprint density at radius 2 is 1.29 bits per heavy atom. The van der Waals surface area contributed by atoms with Crippen LogP contribution in [0.2, 0.25) is 0 Å². The van der Waals surface area contributed by atoms with Crippen LogP contribution in [-0.2, 0) is 10.9 Å². The molecule has 0 saturated heterocycles. The Balaban J connectivity index is 4.52. The fourth-order valence-electron chi connectivity index (χ4n) is 2.73. The second kappa shape index (κ2) is 13.5. The molecule has 0 heterocycles. The minimum Gasteiger partial charge on any atom is -0.230 e. The average molecular weight is 321 g/mol. The molecule has 2 unspecified atom stereocenters. The highest BCUT2D eigenvalue weighted by Gasteiger charge is 2.17. The maximum atomic E-state index is 11.1. The number of hydrogen-bond acceptors (Lipinski definition) is 3. The van der Waals surface area contributed by atoms with E-state index in [1.165, 1.54) is 38.5 Å². The van der Waals surface area contributed by atoms with Gasteiger partial charge in [-0.05, 0) is 24.7 Å². The van der Waals surface area contributed by atoms with E-state index >= 15 is 0 Å². The topological polar surface area (TPSA) is 49.4 Å². The summed E-state index contributed by atoms with van der Waals surface area (Å²) in [6.45, 7) is 10.5. The van der Waals surface area contributed by atoms with Gasteiger partial charge in [-0.2, -0.15) is 4.83 Å². The molecule has 1 N–H and O–H groups in total. The Hall–Kier alpha value is -0.130. The lowest BCUT2D eigenvalue weighted by molar-refractivity contribution is 0.159. The van der Waals surface area contributed by atoms with Crippen molar-refractivity contribution in [1.29, 1.82) is 0 Å². The first-order valence-corrected chi connectivity index (χ1v) is 9.90. The number of hydrogen-bond donors (Lipinski definition) is 2. The summed E-state index contributed by atoms with van der Waals surface area (Å²) in [7, 11) is -2.56. The molecular formula is C16H36N2O2S. The molecule has 0 amide bonds. The standard InChI is InChI=1S/C16H36N2O2S/c1-5-9-11-15(7-3)13-18(17-21(19)20)14-16(8-4)12-10-6-2/h15-16,21H,5-14H2,1-4H3,(H,17,19,20). The molecule has 0 bridgehead atoms. The lowest BCUT2D eigenvalue weighted by Gasteiger charge is -2.28. The lowest BCUT2D eigenvalue weighted by Crippen LogP contribution is -2.43. The summed E-state index contributed by atoms with van der Waals surface area (Å²) in [5, 5.41) is 1.94. The van der Waals surface area contributed by atoms with Crippen molar-refractivity contribution in [1.82, 2.24) is 9.84 Å². The second-order valence-corrected chi connectivity index (χ2v) is 6.81. The first-order chi connectivity index (χ1) is 10.1. The molecule has 0 fully saturated rings. The third-order valence-corrected chi connectivity index (χ3v) is 4.71. The van der Waals surface area contributed by atoms with Gasteiger partial charge < -0.3 is 0 Å².